The van der Waals surface area contributed by atoms with Gasteiger partial charge in [0, 0.05) is 22.5 Å². The van der Waals surface area contributed by atoms with Gasteiger partial charge >= 0.3 is 5.97 Å². The Balaban J connectivity index is 2.50. The summed E-state index contributed by atoms with van der Waals surface area (Å²) in [4.78, 5) is 24.2. The van der Waals surface area contributed by atoms with Crippen LogP contribution in [0.25, 0.3) is 0 Å². The molecule has 22 heavy (non-hydrogen) atoms. The SMILES string of the molecule is CC1=C(C(=O)OC(C)C)[C@H](c2cc(Br)ccc2F)CC(=O)N1. The Morgan fingerprint density at radius 2 is 2.14 bits per heavy atom. The van der Waals surface area contributed by atoms with Gasteiger partial charge in [-0.2, -0.15) is 0 Å². The van der Waals surface area contributed by atoms with Crippen LogP contribution in [0, 0.1) is 5.82 Å². The molecular weight excluding hydrogens is 353 g/mol. The standard InChI is InChI=1S/C16H17BrFNO3/c1-8(2)22-16(21)15-9(3)19-14(20)7-12(15)11-6-10(17)4-5-13(11)18/h4-6,8,12H,7H2,1-3H3,(H,19,20)/t12-/m0/s1. The van der Waals surface area contributed by atoms with Gasteiger partial charge in [-0.25, -0.2) is 9.18 Å². The first-order chi connectivity index (χ1) is 10.3. The van der Waals surface area contributed by atoms with Crippen molar-refractivity contribution in [2.24, 2.45) is 0 Å². The number of halogens is 2. The van der Waals surface area contributed by atoms with Crippen molar-refractivity contribution in [3.8, 4) is 0 Å². The van der Waals surface area contributed by atoms with Gasteiger partial charge in [-0.05, 0) is 44.5 Å². The zero-order valence-electron chi connectivity index (χ0n) is 12.6. The van der Waals surface area contributed by atoms with Gasteiger partial charge in [-0.3, -0.25) is 4.79 Å². The maximum absolute atomic E-state index is 14.2. The van der Waals surface area contributed by atoms with E-state index in [1.165, 1.54) is 6.07 Å². The van der Waals surface area contributed by atoms with E-state index >= 15 is 0 Å². The minimum atomic E-state index is -0.655. The number of benzene rings is 1. The van der Waals surface area contributed by atoms with Crippen LogP contribution in [0.3, 0.4) is 0 Å². The number of amides is 1. The zero-order chi connectivity index (χ0) is 16.4. The van der Waals surface area contributed by atoms with Crippen molar-refractivity contribution in [2.75, 3.05) is 0 Å². The van der Waals surface area contributed by atoms with E-state index in [0.29, 0.717) is 21.3 Å². The number of ether oxygens (including phenoxy) is 1. The van der Waals surface area contributed by atoms with Crippen molar-refractivity contribution >= 4 is 27.8 Å². The number of rotatable bonds is 3. The summed E-state index contributed by atoms with van der Waals surface area (Å²) >= 11 is 3.29. The molecule has 0 bridgehead atoms. The van der Waals surface area contributed by atoms with E-state index in [2.05, 4.69) is 21.2 Å². The molecule has 0 unspecified atom stereocenters. The number of hydrogen-bond donors (Lipinski definition) is 1. The van der Waals surface area contributed by atoms with Gasteiger partial charge in [-0.15, -0.1) is 0 Å². The molecule has 1 N–H and O–H groups in total. The van der Waals surface area contributed by atoms with E-state index in [-0.39, 0.29) is 18.4 Å². The summed E-state index contributed by atoms with van der Waals surface area (Å²) < 4.78 is 20.1. The highest BCUT2D eigenvalue weighted by Crippen LogP contribution is 2.36. The fraction of sp³-hybridized carbons (Fsp3) is 0.375. The third-order valence-electron chi connectivity index (χ3n) is 3.37. The Morgan fingerprint density at radius 1 is 1.45 bits per heavy atom. The van der Waals surface area contributed by atoms with Crippen LogP contribution in [-0.4, -0.2) is 18.0 Å². The molecule has 2 rings (SSSR count). The molecule has 0 saturated heterocycles. The van der Waals surface area contributed by atoms with E-state index in [1.807, 2.05) is 0 Å². The predicted molar refractivity (Wildman–Crippen MR) is 83.5 cm³/mol. The van der Waals surface area contributed by atoms with Gasteiger partial charge in [0.25, 0.3) is 0 Å². The fourth-order valence-corrected chi connectivity index (χ4v) is 2.88. The smallest absolute Gasteiger partial charge is 0.336 e. The number of esters is 1. The van der Waals surface area contributed by atoms with Crippen LogP contribution in [0.5, 0.6) is 0 Å². The number of nitrogens with one attached hydrogen (secondary N) is 1. The molecule has 6 heteroatoms. The summed E-state index contributed by atoms with van der Waals surface area (Å²) in [5, 5.41) is 2.62. The van der Waals surface area contributed by atoms with Gasteiger partial charge in [0.15, 0.2) is 0 Å². The van der Waals surface area contributed by atoms with Crippen molar-refractivity contribution in [3.05, 3.63) is 45.3 Å². The molecule has 0 fully saturated rings. The van der Waals surface area contributed by atoms with Crippen LogP contribution in [0.15, 0.2) is 33.9 Å². The third-order valence-corrected chi connectivity index (χ3v) is 3.86. The van der Waals surface area contributed by atoms with E-state index in [1.54, 1.807) is 32.9 Å². The number of carbonyl (C=O) groups is 2. The topological polar surface area (TPSA) is 55.4 Å². The van der Waals surface area contributed by atoms with Crippen molar-refractivity contribution < 1.29 is 18.7 Å². The average Bonchev–Trinajstić information content (AvgIpc) is 2.39. The van der Waals surface area contributed by atoms with Crippen molar-refractivity contribution in [1.82, 2.24) is 5.32 Å². The second-order valence-corrected chi connectivity index (χ2v) is 6.38. The Hall–Kier alpha value is -1.69. The van der Waals surface area contributed by atoms with Gasteiger partial charge in [0.05, 0.1) is 11.7 Å². The molecule has 4 nitrogen and oxygen atoms in total. The van der Waals surface area contributed by atoms with Crippen molar-refractivity contribution in [2.45, 2.75) is 39.2 Å². The maximum atomic E-state index is 14.2. The Morgan fingerprint density at radius 3 is 2.77 bits per heavy atom. The van der Waals surface area contributed by atoms with Crippen LogP contribution in [0.1, 0.15) is 38.7 Å². The maximum Gasteiger partial charge on any atom is 0.336 e. The monoisotopic (exact) mass is 369 g/mol. The van der Waals surface area contributed by atoms with Crippen molar-refractivity contribution in [1.29, 1.82) is 0 Å². The Bertz CT molecular complexity index is 655. The van der Waals surface area contributed by atoms with Crippen LogP contribution >= 0.6 is 15.9 Å². The third kappa shape index (κ3) is 3.55. The van der Waals surface area contributed by atoms with Gasteiger partial charge in [0.2, 0.25) is 5.91 Å². The number of carbonyl (C=O) groups excluding carboxylic acids is 2. The first-order valence-electron chi connectivity index (χ1n) is 6.96. The molecule has 1 heterocycles. The summed E-state index contributed by atoms with van der Waals surface area (Å²) in [6, 6.07) is 4.48. The Labute approximate surface area is 136 Å². The van der Waals surface area contributed by atoms with Crippen LogP contribution in [0.4, 0.5) is 4.39 Å². The van der Waals surface area contributed by atoms with E-state index in [0.717, 1.165) is 0 Å². The Kier molecular flexibility index (Phi) is 5.01. The molecule has 1 aromatic carbocycles. The second kappa shape index (κ2) is 6.60. The highest BCUT2D eigenvalue weighted by molar-refractivity contribution is 9.10. The summed E-state index contributed by atoms with van der Waals surface area (Å²) in [6.07, 6.45) is -0.286. The molecule has 0 spiro atoms. The van der Waals surface area contributed by atoms with Crippen LogP contribution in [0.2, 0.25) is 0 Å². The number of hydrogen-bond acceptors (Lipinski definition) is 3. The quantitative estimate of drug-likeness (QED) is 0.830. The lowest BCUT2D eigenvalue weighted by molar-refractivity contribution is -0.143. The van der Waals surface area contributed by atoms with Gasteiger partial charge < -0.3 is 10.1 Å². The lowest BCUT2D eigenvalue weighted by atomic mass is 9.84. The zero-order valence-corrected chi connectivity index (χ0v) is 14.2. The highest BCUT2D eigenvalue weighted by Gasteiger charge is 2.34. The molecule has 0 aliphatic carbocycles. The largest absolute Gasteiger partial charge is 0.460 e. The molecule has 1 aromatic rings. The summed E-state index contributed by atoms with van der Waals surface area (Å²) in [5.41, 5.74) is 1.01. The van der Waals surface area contributed by atoms with E-state index in [4.69, 9.17) is 4.74 Å². The first kappa shape index (κ1) is 16.7. The van der Waals surface area contributed by atoms with Crippen LogP contribution in [-0.2, 0) is 14.3 Å². The molecule has 118 valence electrons. The second-order valence-electron chi connectivity index (χ2n) is 5.46. The molecule has 0 aromatic heterocycles. The minimum absolute atomic E-state index is 0.00718. The summed E-state index contributed by atoms with van der Waals surface area (Å²) in [7, 11) is 0. The molecule has 0 saturated carbocycles. The van der Waals surface area contributed by atoms with Gasteiger partial charge in [0.1, 0.15) is 5.82 Å². The highest BCUT2D eigenvalue weighted by atomic mass is 79.9. The van der Waals surface area contributed by atoms with E-state index in [9.17, 15) is 14.0 Å². The van der Waals surface area contributed by atoms with Crippen molar-refractivity contribution in [3.63, 3.8) is 0 Å². The van der Waals surface area contributed by atoms with Gasteiger partial charge in [-0.1, -0.05) is 15.9 Å². The molecular formula is C16H17BrFNO3. The summed E-state index contributed by atoms with van der Waals surface area (Å²) in [5.74, 6) is -1.89. The lowest BCUT2D eigenvalue weighted by Gasteiger charge is -2.27. The molecule has 0 radical (unpaired) electrons. The molecule has 1 aliphatic heterocycles. The normalized spacial score (nSPS) is 18.5. The molecule has 1 aliphatic rings. The average molecular weight is 370 g/mol. The molecule has 1 amide bonds. The molecule has 1 atom stereocenters. The first-order valence-corrected chi connectivity index (χ1v) is 7.75. The minimum Gasteiger partial charge on any atom is -0.460 e. The van der Waals surface area contributed by atoms with Crippen LogP contribution < -0.4 is 5.32 Å². The fourth-order valence-electron chi connectivity index (χ4n) is 2.50. The van der Waals surface area contributed by atoms with E-state index < -0.39 is 17.7 Å². The lowest BCUT2D eigenvalue weighted by Crippen LogP contribution is -2.35. The number of allylic oxidation sites excluding steroid dienone is 1. The predicted octanol–water partition coefficient (Wildman–Crippen LogP) is 3.42. The summed E-state index contributed by atoms with van der Waals surface area (Å²) in [6.45, 7) is 5.10.